The molecular weight excluding hydrogens is 359 g/mol. The van der Waals surface area contributed by atoms with Crippen molar-refractivity contribution in [3.05, 3.63) is 65.8 Å². The van der Waals surface area contributed by atoms with Crippen molar-refractivity contribution in [2.75, 3.05) is 11.9 Å². The summed E-state index contributed by atoms with van der Waals surface area (Å²) < 4.78 is 18.5. The van der Waals surface area contributed by atoms with Gasteiger partial charge in [0.2, 0.25) is 11.7 Å². The van der Waals surface area contributed by atoms with E-state index in [-0.39, 0.29) is 17.9 Å². The first-order valence-electron chi connectivity index (χ1n) is 9.40. The standard InChI is InChI=1S/C21H21FN4O2/c1-2-14-6-3-4-7-17(14)23-21(27)26-13-5-8-18(26)20-24-19(25-28-20)15-9-11-16(22)12-10-15/h3-4,6-7,9-12,18H,2,5,8,13H2,1H3,(H,23,27)/t18-/m0/s1. The molecule has 1 N–H and O–H groups in total. The molecule has 144 valence electrons. The molecule has 3 aromatic rings. The third kappa shape index (κ3) is 3.60. The van der Waals surface area contributed by atoms with Crippen LogP contribution in [0.2, 0.25) is 0 Å². The molecule has 0 unspecified atom stereocenters. The lowest BCUT2D eigenvalue weighted by molar-refractivity contribution is 0.193. The SMILES string of the molecule is CCc1ccccc1NC(=O)N1CCC[C@H]1c1nc(-c2ccc(F)cc2)no1. The molecule has 1 saturated heterocycles. The van der Waals surface area contributed by atoms with E-state index in [1.165, 1.54) is 12.1 Å². The molecule has 1 atom stereocenters. The van der Waals surface area contributed by atoms with Crippen LogP contribution in [0, 0.1) is 5.82 Å². The van der Waals surface area contributed by atoms with Gasteiger partial charge in [-0.1, -0.05) is 30.3 Å². The Balaban J connectivity index is 1.52. The number of nitrogens with zero attached hydrogens (tertiary/aromatic N) is 3. The molecule has 0 radical (unpaired) electrons. The van der Waals surface area contributed by atoms with Crippen LogP contribution in [-0.4, -0.2) is 27.6 Å². The Kier molecular flexibility index (Phi) is 5.06. The minimum absolute atomic E-state index is 0.176. The maximum atomic E-state index is 13.1. The van der Waals surface area contributed by atoms with Gasteiger partial charge in [-0.05, 0) is 55.2 Å². The summed E-state index contributed by atoms with van der Waals surface area (Å²) in [6.07, 6.45) is 2.46. The molecule has 2 amide bonds. The summed E-state index contributed by atoms with van der Waals surface area (Å²) >= 11 is 0. The Bertz CT molecular complexity index is 971. The number of aromatic nitrogens is 2. The zero-order valence-corrected chi connectivity index (χ0v) is 15.6. The molecule has 4 rings (SSSR count). The highest BCUT2D eigenvalue weighted by Crippen LogP contribution is 2.32. The lowest BCUT2D eigenvalue weighted by atomic mass is 10.1. The third-order valence-corrected chi connectivity index (χ3v) is 4.98. The van der Waals surface area contributed by atoms with Gasteiger partial charge in [-0.2, -0.15) is 4.98 Å². The van der Waals surface area contributed by atoms with E-state index in [9.17, 15) is 9.18 Å². The van der Waals surface area contributed by atoms with Crippen molar-refractivity contribution in [2.45, 2.75) is 32.2 Å². The van der Waals surface area contributed by atoms with E-state index < -0.39 is 0 Å². The van der Waals surface area contributed by atoms with Crippen LogP contribution in [0.3, 0.4) is 0 Å². The van der Waals surface area contributed by atoms with Crippen LogP contribution < -0.4 is 5.32 Å². The molecule has 0 bridgehead atoms. The minimum atomic E-state index is -0.321. The molecule has 0 saturated carbocycles. The maximum absolute atomic E-state index is 13.1. The Hall–Kier alpha value is -3.22. The number of rotatable bonds is 4. The highest BCUT2D eigenvalue weighted by molar-refractivity contribution is 5.90. The molecule has 1 aliphatic heterocycles. The van der Waals surface area contributed by atoms with Gasteiger partial charge in [-0.15, -0.1) is 0 Å². The highest BCUT2D eigenvalue weighted by atomic mass is 19.1. The number of para-hydroxylation sites is 1. The number of hydrogen-bond acceptors (Lipinski definition) is 4. The Morgan fingerprint density at radius 2 is 2.04 bits per heavy atom. The largest absolute Gasteiger partial charge is 0.337 e. The number of halogens is 1. The molecule has 0 aliphatic carbocycles. The fourth-order valence-corrected chi connectivity index (χ4v) is 3.49. The Labute approximate surface area is 162 Å². The summed E-state index contributed by atoms with van der Waals surface area (Å²) in [7, 11) is 0. The van der Waals surface area contributed by atoms with Crippen LogP contribution in [-0.2, 0) is 6.42 Å². The molecule has 2 heterocycles. The number of amides is 2. The predicted octanol–water partition coefficient (Wildman–Crippen LogP) is 4.81. The number of carbonyl (C=O) groups is 1. The summed E-state index contributed by atoms with van der Waals surface area (Å²) in [4.78, 5) is 19.0. The first-order valence-corrected chi connectivity index (χ1v) is 9.40. The fraction of sp³-hybridized carbons (Fsp3) is 0.286. The molecule has 7 heteroatoms. The van der Waals surface area contributed by atoms with Crippen molar-refractivity contribution in [1.82, 2.24) is 15.0 Å². The number of carbonyl (C=O) groups excluding carboxylic acids is 1. The topological polar surface area (TPSA) is 71.3 Å². The molecule has 6 nitrogen and oxygen atoms in total. The monoisotopic (exact) mass is 380 g/mol. The molecule has 1 fully saturated rings. The van der Waals surface area contributed by atoms with Crippen LogP contribution in [0.4, 0.5) is 14.9 Å². The van der Waals surface area contributed by atoms with E-state index in [2.05, 4.69) is 22.4 Å². The molecule has 2 aromatic carbocycles. The summed E-state index contributed by atoms with van der Waals surface area (Å²) in [5.74, 6) is 0.466. The number of benzene rings is 2. The van der Waals surface area contributed by atoms with Crippen LogP contribution in [0.1, 0.15) is 37.3 Å². The van der Waals surface area contributed by atoms with E-state index in [1.807, 2.05) is 24.3 Å². The number of hydrogen-bond donors (Lipinski definition) is 1. The zero-order valence-electron chi connectivity index (χ0n) is 15.6. The first-order chi connectivity index (χ1) is 13.7. The van der Waals surface area contributed by atoms with Crippen molar-refractivity contribution >= 4 is 11.7 Å². The maximum Gasteiger partial charge on any atom is 0.322 e. The van der Waals surface area contributed by atoms with Gasteiger partial charge in [0.15, 0.2) is 0 Å². The molecule has 28 heavy (non-hydrogen) atoms. The van der Waals surface area contributed by atoms with Gasteiger partial charge in [0.1, 0.15) is 11.9 Å². The van der Waals surface area contributed by atoms with Gasteiger partial charge in [0.05, 0.1) is 0 Å². The smallest absolute Gasteiger partial charge is 0.322 e. The van der Waals surface area contributed by atoms with Crippen LogP contribution in [0.25, 0.3) is 11.4 Å². The van der Waals surface area contributed by atoms with E-state index >= 15 is 0 Å². The summed E-state index contributed by atoms with van der Waals surface area (Å²) in [6, 6.07) is 13.2. The lowest BCUT2D eigenvalue weighted by Crippen LogP contribution is -2.34. The average molecular weight is 380 g/mol. The summed E-state index contributed by atoms with van der Waals surface area (Å²) in [5.41, 5.74) is 2.57. The molecule has 1 aliphatic rings. The Morgan fingerprint density at radius 1 is 1.25 bits per heavy atom. The number of anilines is 1. The van der Waals surface area contributed by atoms with Gasteiger partial charge in [-0.3, -0.25) is 0 Å². The van der Waals surface area contributed by atoms with Gasteiger partial charge in [0.25, 0.3) is 0 Å². The van der Waals surface area contributed by atoms with Gasteiger partial charge >= 0.3 is 6.03 Å². The second kappa shape index (κ2) is 7.80. The van der Waals surface area contributed by atoms with Gasteiger partial charge in [0, 0.05) is 17.8 Å². The van der Waals surface area contributed by atoms with Crippen molar-refractivity contribution in [3.8, 4) is 11.4 Å². The van der Waals surface area contributed by atoms with E-state index in [4.69, 9.17) is 4.52 Å². The first kappa shape index (κ1) is 18.2. The van der Waals surface area contributed by atoms with Crippen LogP contribution in [0.15, 0.2) is 53.1 Å². The number of nitrogens with one attached hydrogen (secondary N) is 1. The van der Waals surface area contributed by atoms with Crippen molar-refractivity contribution in [3.63, 3.8) is 0 Å². The number of likely N-dealkylation sites (tertiary alicyclic amines) is 1. The van der Waals surface area contributed by atoms with Crippen molar-refractivity contribution < 1.29 is 13.7 Å². The van der Waals surface area contributed by atoms with E-state index in [1.54, 1.807) is 17.0 Å². The molecule has 0 spiro atoms. The Morgan fingerprint density at radius 3 is 2.82 bits per heavy atom. The van der Waals surface area contributed by atoms with Gasteiger partial charge in [-0.25, -0.2) is 9.18 Å². The predicted molar refractivity (Wildman–Crippen MR) is 103 cm³/mol. The third-order valence-electron chi connectivity index (χ3n) is 4.98. The molecule has 1 aromatic heterocycles. The van der Waals surface area contributed by atoms with Crippen LogP contribution in [0.5, 0.6) is 0 Å². The fourth-order valence-electron chi connectivity index (χ4n) is 3.49. The number of aryl methyl sites for hydroxylation is 1. The normalized spacial score (nSPS) is 16.4. The van der Waals surface area contributed by atoms with Crippen molar-refractivity contribution in [1.29, 1.82) is 0 Å². The second-order valence-corrected chi connectivity index (χ2v) is 6.76. The minimum Gasteiger partial charge on any atom is -0.337 e. The zero-order chi connectivity index (χ0) is 19.5. The summed E-state index contributed by atoms with van der Waals surface area (Å²) in [6.45, 7) is 2.68. The average Bonchev–Trinajstić information content (AvgIpc) is 3.38. The summed E-state index contributed by atoms with van der Waals surface area (Å²) in [5, 5.41) is 7.00. The van der Waals surface area contributed by atoms with E-state index in [0.717, 1.165) is 30.5 Å². The number of urea groups is 1. The molecular formula is C21H21FN4O2. The lowest BCUT2D eigenvalue weighted by Gasteiger charge is -2.23. The second-order valence-electron chi connectivity index (χ2n) is 6.76. The highest BCUT2D eigenvalue weighted by Gasteiger charge is 2.34. The van der Waals surface area contributed by atoms with Crippen LogP contribution >= 0.6 is 0 Å². The van der Waals surface area contributed by atoms with E-state index in [0.29, 0.717) is 23.8 Å². The van der Waals surface area contributed by atoms with Crippen molar-refractivity contribution in [2.24, 2.45) is 0 Å². The quantitative estimate of drug-likeness (QED) is 0.705. The van der Waals surface area contributed by atoms with Gasteiger partial charge < -0.3 is 14.7 Å².